The second-order valence-electron chi connectivity index (χ2n) is 4.58. The van der Waals surface area contributed by atoms with E-state index in [1.165, 1.54) is 0 Å². The first-order chi connectivity index (χ1) is 9.58. The maximum absolute atomic E-state index is 12.0. The van der Waals surface area contributed by atoms with Gasteiger partial charge in [-0.15, -0.1) is 0 Å². The highest BCUT2D eigenvalue weighted by atomic mass is 79.9. The van der Waals surface area contributed by atoms with Crippen LogP contribution in [0.1, 0.15) is 19.0 Å². The molecule has 0 spiro atoms. The zero-order chi connectivity index (χ0) is 14.5. The summed E-state index contributed by atoms with van der Waals surface area (Å²) in [4.78, 5) is 13.7. The van der Waals surface area contributed by atoms with Gasteiger partial charge in [-0.25, -0.2) is 0 Å². The molecule has 2 heterocycles. The number of nitrogens with zero attached hydrogens (tertiary/aromatic N) is 5. The Bertz CT molecular complexity index is 577. The van der Waals surface area contributed by atoms with E-state index in [-0.39, 0.29) is 5.91 Å². The molecule has 0 N–H and O–H groups in total. The number of carbonyl (C=O) groups is 1. The van der Waals surface area contributed by atoms with Crippen LogP contribution in [0.2, 0.25) is 0 Å². The van der Waals surface area contributed by atoms with E-state index >= 15 is 0 Å². The van der Waals surface area contributed by atoms with E-state index in [9.17, 15) is 4.79 Å². The summed E-state index contributed by atoms with van der Waals surface area (Å²) in [7, 11) is 1.80. The molecule has 0 saturated heterocycles. The maximum atomic E-state index is 12.0. The highest BCUT2D eigenvalue weighted by molar-refractivity contribution is 9.10. The van der Waals surface area contributed by atoms with Crippen LogP contribution in [0.3, 0.4) is 0 Å². The molecule has 108 valence electrons. The molecule has 0 fully saturated rings. The Labute approximate surface area is 126 Å². The lowest BCUT2D eigenvalue weighted by molar-refractivity contribution is -0.130. The Balaban J connectivity index is 1.82. The molecule has 7 heteroatoms. The summed E-state index contributed by atoms with van der Waals surface area (Å²) < 4.78 is 4.53. The lowest BCUT2D eigenvalue weighted by Crippen LogP contribution is -2.27. The minimum Gasteiger partial charge on any atom is -0.340 e. The van der Waals surface area contributed by atoms with Gasteiger partial charge in [-0.1, -0.05) is 0 Å². The number of aromatic nitrogens is 4. The summed E-state index contributed by atoms with van der Waals surface area (Å²) >= 11 is 3.33. The van der Waals surface area contributed by atoms with Crippen LogP contribution in [-0.2, 0) is 24.4 Å². The number of halogens is 1. The lowest BCUT2D eigenvalue weighted by Gasteiger charge is -2.15. The van der Waals surface area contributed by atoms with Gasteiger partial charge < -0.3 is 4.90 Å². The maximum Gasteiger partial charge on any atom is 0.224 e. The van der Waals surface area contributed by atoms with Gasteiger partial charge in [0.1, 0.15) is 0 Å². The summed E-state index contributed by atoms with van der Waals surface area (Å²) in [5.41, 5.74) is 0.907. The van der Waals surface area contributed by atoms with Gasteiger partial charge in [0.05, 0.1) is 22.9 Å². The molecule has 1 amide bonds. The van der Waals surface area contributed by atoms with Crippen molar-refractivity contribution in [2.24, 2.45) is 0 Å². The average molecular weight is 340 g/mol. The van der Waals surface area contributed by atoms with Crippen LogP contribution in [0.4, 0.5) is 0 Å². The van der Waals surface area contributed by atoms with E-state index in [1.54, 1.807) is 22.8 Å². The SMILES string of the molecule is CCn1ccc(CN(C)C(=O)CCn2cc(Br)cn2)n1. The molecule has 0 aliphatic carbocycles. The van der Waals surface area contributed by atoms with Gasteiger partial charge in [-0.3, -0.25) is 14.2 Å². The molecule has 0 radical (unpaired) electrons. The number of rotatable bonds is 6. The predicted molar refractivity (Wildman–Crippen MR) is 78.9 cm³/mol. The van der Waals surface area contributed by atoms with Gasteiger partial charge in [-0.05, 0) is 28.9 Å². The number of aryl methyl sites for hydroxylation is 2. The van der Waals surface area contributed by atoms with Gasteiger partial charge in [0.25, 0.3) is 0 Å². The van der Waals surface area contributed by atoms with Gasteiger partial charge >= 0.3 is 0 Å². The molecule has 6 nitrogen and oxygen atoms in total. The van der Waals surface area contributed by atoms with Crippen LogP contribution in [0.5, 0.6) is 0 Å². The summed E-state index contributed by atoms with van der Waals surface area (Å²) in [6, 6.07) is 1.94. The number of hydrogen-bond acceptors (Lipinski definition) is 3. The molecule has 0 atom stereocenters. The zero-order valence-electron chi connectivity index (χ0n) is 11.7. The van der Waals surface area contributed by atoms with Crippen molar-refractivity contribution in [3.05, 3.63) is 34.8 Å². The quantitative estimate of drug-likeness (QED) is 0.807. The van der Waals surface area contributed by atoms with Crippen molar-refractivity contribution in [1.82, 2.24) is 24.5 Å². The van der Waals surface area contributed by atoms with Crippen LogP contribution < -0.4 is 0 Å². The van der Waals surface area contributed by atoms with E-state index in [1.807, 2.05) is 30.1 Å². The summed E-state index contributed by atoms with van der Waals surface area (Å²) in [6.07, 6.45) is 5.93. The number of amides is 1. The number of hydrogen-bond donors (Lipinski definition) is 0. The first kappa shape index (κ1) is 14.8. The topological polar surface area (TPSA) is 56.0 Å². The monoisotopic (exact) mass is 339 g/mol. The van der Waals surface area contributed by atoms with Gasteiger partial charge in [0.15, 0.2) is 0 Å². The van der Waals surface area contributed by atoms with E-state index < -0.39 is 0 Å². The Kier molecular flexibility index (Phi) is 4.94. The van der Waals surface area contributed by atoms with E-state index in [2.05, 4.69) is 26.1 Å². The highest BCUT2D eigenvalue weighted by Gasteiger charge is 2.11. The molecular weight excluding hydrogens is 322 g/mol. The van der Waals surface area contributed by atoms with Crippen molar-refractivity contribution in [2.45, 2.75) is 33.0 Å². The second kappa shape index (κ2) is 6.69. The molecule has 0 bridgehead atoms. The largest absolute Gasteiger partial charge is 0.340 e. The number of carbonyl (C=O) groups excluding carboxylic acids is 1. The lowest BCUT2D eigenvalue weighted by atomic mass is 10.3. The Hall–Kier alpha value is -1.63. The minimum atomic E-state index is 0.0858. The molecule has 2 aromatic heterocycles. The van der Waals surface area contributed by atoms with Crippen LogP contribution in [0.25, 0.3) is 0 Å². The molecule has 0 unspecified atom stereocenters. The van der Waals surface area contributed by atoms with E-state index in [0.29, 0.717) is 19.5 Å². The third kappa shape index (κ3) is 3.93. The molecule has 2 rings (SSSR count). The summed E-state index contributed by atoms with van der Waals surface area (Å²) in [5, 5.41) is 8.50. The fourth-order valence-corrected chi connectivity index (χ4v) is 2.18. The van der Waals surface area contributed by atoms with E-state index in [4.69, 9.17) is 0 Å². The average Bonchev–Trinajstić information content (AvgIpc) is 3.04. The van der Waals surface area contributed by atoms with Crippen molar-refractivity contribution in [3.8, 4) is 0 Å². The normalized spacial score (nSPS) is 10.8. The Morgan fingerprint density at radius 3 is 2.85 bits per heavy atom. The van der Waals surface area contributed by atoms with Crippen molar-refractivity contribution in [2.75, 3.05) is 7.05 Å². The molecule has 20 heavy (non-hydrogen) atoms. The zero-order valence-corrected chi connectivity index (χ0v) is 13.2. The molecule has 2 aromatic rings. The summed E-state index contributed by atoms with van der Waals surface area (Å²) in [6.45, 7) is 3.99. The third-order valence-corrected chi connectivity index (χ3v) is 3.41. The Morgan fingerprint density at radius 2 is 2.25 bits per heavy atom. The van der Waals surface area contributed by atoms with Crippen LogP contribution in [-0.4, -0.2) is 37.4 Å². The standard InChI is InChI=1S/C13H18BrN5O/c1-3-18-6-4-12(16-18)10-17(2)13(20)5-7-19-9-11(14)8-15-19/h4,6,8-9H,3,5,7,10H2,1-2H3. The Morgan fingerprint density at radius 1 is 1.45 bits per heavy atom. The fourth-order valence-electron chi connectivity index (χ4n) is 1.86. The van der Waals surface area contributed by atoms with Crippen LogP contribution in [0.15, 0.2) is 29.1 Å². The van der Waals surface area contributed by atoms with Gasteiger partial charge in [0, 0.05) is 39.0 Å². The van der Waals surface area contributed by atoms with Crippen molar-refractivity contribution in [3.63, 3.8) is 0 Å². The molecule has 0 saturated carbocycles. The molecular formula is C13H18BrN5O. The molecule has 0 aromatic carbocycles. The van der Waals surface area contributed by atoms with Gasteiger partial charge in [0.2, 0.25) is 5.91 Å². The first-order valence-electron chi connectivity index (χ1n) is 6.52. The molecule has 0 aliphatic rings. The predicted octanol–water partition coefficient (Wildman–Crippen LogP) is 1.91. The van der Waals surface area contributed by atoms with Crippen LogP contribution >= 0.6 is 15.9 Å². The fraction of sp³-hybridized carbons (Fsp3) is 0.462. The minimum absolute atomic E-state index is 0.0858. The second-order valence-corrected chi connectivity index (χ2v) is 5.50. The molecule has 0 aliphatic heterocycles. The highest BCUT2D eigenvalue weighted by Crippen LogP contribution is 2.07. The smallest absolute Gasteiger partial charge is 0.224 e. The third-order valence-electron chi connectivity index (χ3n) is 3.00. The van der Waals surface area contributed by atoms with Crippen LogP contribution in [0, 0.1) is 0 Å². The summed E-state index contributed by atoms with van der Waals surface area (Å²) in [5.74, 6) is 0.0858. The first-order valence-corrected chi connectivity index (χ1v) is 7.32. The van der Waals surface area contributed by atoms with Gasteiger partial charge in [-0.2, -0.15) is 10.2 Å². The van der Waals surface area contributed by atoms with Crippen molar-refractivity contribution < 1.29 is 4.79 Å². The van der Waals surface area contributed by atoms with E-state index in [0.717, 1.165) is 16.7 Å². The van der Waals surface area contributed by atoms with Crippen molar-refractivity contribution >= 4 is 21.8 Å². The van der Waals surface area contributed by atoms with Crippen molar-refractivity contribution in [1.29, 1.82) is 0 Å².